The van der Waals surface area contributed by atoms with Crippen LogP contribution in [0.25, 0.3) is 10.8 Å². The van der Waals surface area contributed by atoms with Crippen molar-refractivity contribution < 1.29 is 18.0 Å². The first kappa shape index (κ1) is 14.9. The van der Waals surface area contributed by atoms with Gasteiger partial charge >= 0.3 is 0 Å². The fourth-order valence-electron chi connectivity index (χ4n) is 4.12. The van der Waals surface area contributed by atoms with Crippen LogP contribution in [0.3, 0.4) is 0 Å². The van der Waals surface area contributed by atoms with Gasteiger partial charge in [-0.25, -0.2) is 8.42 Å². The highest BCUT2D eigenvalue weighted by molar-refractivity contribution is 7.89. The third kappa shape index (κ3) is 1.92. The Morgan fingerprint density at radius 1 is 1.08 bits per heavy atom. The fraction of sp³-hybridized carbons (Fsp3) is 0.294. The van der Waals surface area contributed by atoms with Gasteiger partial charge in [-0.3, -0.25) is 9.59 Å². The van der Waals surface area contributed by atoms with Crippen LogP contribution in [0.2, 0.25) is 0 Å². The molecular formula is C17H15N3O4S. The quantitative estimate of drug-likeness (QED) is 0.830. The van der Waals surface area contributed by atoms with Crippen LogP contribution in [0, 0.1) is 11.8 Å². The molecule has 0 aromatic heterocycles. The largest absolute Gasteiger partial charge is 0.355 e. The summed E-state index contributed by atoms with van der Waals surface area (Å²) >= 11 is 0. The number of amides is 2. The Balaban J connectivity index is 1.63. The smallest absolute Gasteiger partial charge is 0.256 e. The van der Waals surface area contributed by atoms with Gasteiger partial charge in [0.05, 0.1) is 10.8 Å². The first-order valence-corrected chi connectivity index (χ1v) is 9.56. The molecule has 2 N–H and O–H groups in total. The van der Waals surface area contributed by atoms with Crippen molar-refractivity contribution in [2.45, 2.75) is 4.90 Å². The van der Waals surface area contributed by atoms with E-state index in [0.29, 0.717) is 35.1 Å². The van der Waals surface area contributed by atoms with Crippen LogP contribution in [0.5, 0.6) is 0 Å². The van der Waals surface area contributed by atoms with Crippen LogP contribution in [0.4, 0.5) is 5.69 Å². The van der Waals surface area contributed by atoms with Crippen molar-refractivity contribution >= 4 is 38.3 Å². The summed E-state index contributed by atoms with van der Waals surface area (Å²) in [7, 11) is -3.74. The molecule has 0 spiro atoms. The van der Waals surface area contributed by atoms with E-state index in [4.69, 9.17) is 0 Å². The van der Waals surface area contributed by atoms with Gasteiger partial charge in [0.2, 0.25) is 15.9 Å². The van der Waals surface area contributed by atoms with Crippen molar-refractivity contribution in [3.8, 4) is 0 Å². The molecule has 0 unspecified atom stereocenters. The average molecular weight is 357 g/mol. The van der Waals surface area contributed by atoms with Crippen molar-refractivity contribution in [1.82, 2.24) is 9.62 Å². The van der Waals surface area contributed by atoms with E-state index in [0.717, 1.165) is 0 Å². The first-order valence-electron chi connectivity index (χ1n) is 8.12. The molecule has 2 fully saturated rings. The second kappa shape index (κ2) is 4.80. The number of fused-ring (bicyclic) bond motifs is 1. The number of hydrogen-bond donors (Lipinski definition) is 2. The van der Waals surface area contributed by atoms with Crippen molar-refractivity contribution in [2.75, 3.05) is 25.0 Å². The molecule has 5 rings (SSSR count). The average Bonchev–Trinajstić information content (AvgIpc) is 3.25. The van der Waals surface area contributed by atoms with Crippen molar-refractivity contribution in [3.05, 3.63) is 35.9 Å². The lowest BCUT2D eigenvalue weighted by molar-refractivity contribution is -0.122. The molecule has 2 saturated heterocycles. The van der Waals surface area contributed by atoms with Crippen molar-refractivity contribution in [2.24, 2.45) is 11.8 Å². The van der Waals surface area contributed by atoms with E-state index in [2.05, 4.69) is 10.6 Å². The highest BCUT2D eigenvalue weighted by Crippen LogP contribution is 2.39. The predicted octanol–water partition coefficient (Wildman–Crippen LogP) is 0.772. The van der Waals surface area contributed by atoms with E-state index in [9.17, 15) is 18.0 Å². The lowest BCUT2D eigenvalue weighted by Crippen LogP contribution is -2.33. The van der Waals surface area contributed by atoms with E-state index >= 15 is 0 Å². The van der Waals surface area contributed by atoms with E-state index in [1.54, 1.807) is 24.3 Å². The molecule has 0 saturated carbocycles. The number of hydrogen-bond acceptors (Lipinski definition) is 4. The summed E-state index contributed by atoms with van der Waals surface area (Å²) in [4.78, 5) is 24.0. The zero-order chi connectivity index (χ0) is 17.3. The van der Waals surface area contributed by atoms with Gasteiger partial charge in [-0.2, -0.15) is 4.31 Å². The molecule has 3 heterocycles. The van der Waals surface area contributed by atoms with Crippen LogP contribution >= 0.6 is 0 Å². The minimum absolute atomic E-state index is 0.0299. The number of anilines is 1. The Hall–Kier alpha value is -2.45. The van der Waals surface area contributed by atoms with E-state index < -0.39 is 10.0 Å². The van der Waals surface area contributed by atoms with Crippen molar-refractivity contribution in [3.63, 3.8) is 0 Å². The molecule has 3 aliphatic heterocycles. The van der Waals surface area contributed by atoms with Gasteiger partial charge in [0.25, 0.3) is 5.91 Å². The molecule has 128 valence electrons. The standard InChI is InChI=1S/C17H15N3O4S/c21-16-12-8-20(7-9(12)6-18-16)25(23,24)14-5-4-13-15-10(14)2-1-3-11(15)17(22)19-13/h1-5,9,12H,6-8H2,(H,18,21)(H,19,22)/t9-,12+/m0/s1. The zero-order valence-electron chi connectivity index (χ0n) is 13.2. The number of benzene rings is 2. The molecule has 2 aromatic rings. The van der Waals surface area contributed by atoms with E-state index in [-0.39, 0.29) is 35.1 Å². The molecule has 2 atom stereocenters. The first-order chi connectivity index (χ1) is 12.0. The Labute approximate surface area is 144 Å². The lowest BCUT2D eigenvalue weighted by atomic mass is 10.0. The van der Waals surface area contributed by atoms with Crippen LogP contribution in [-0.2, 0) is 14.8 Å². The molecule has 3 aliphatic rings. The summed E-state index contributed by atoms with van der Waals surface area (Å²) in [5.74, 6) is -0.530. The molecule has 25 heavy (non-hydrogen) atoms. The molecule has 0 bridgehead atoms. The van der Waals surface area contributed by atoms with Gasteiger partial charge in [-0.05, 0) is 18.2 Å². The third-order valence-electron chi connectivity index (χ3n) is 5.39. The molecule has 2 amide bonds. The van der Waals surface area contributed by atoms with Crippen LogP contribution < -0.4 is 10.6 Å². The van der Waals surface area contributed by atoms with Crippen LogP contribution in [-0.4, -0.2) is 44.2 Å². The number of carbonyl (C=O) groups excluding carboxylic acids is 2. The minimum Gasteiger partial charge on any atom is -0.355 e. The SMILES string of the molecule is O=C1Nc2ccc(S(=O)(=O)N3C[C@@H]4CNC(=O)[C@@H]4C3)c3cccc1c23. The molecule has 7 nitrogen and oxygen atoms in total. The minimum atomic E-state index is -3.74. The van der Waals surface area contributed by atoms with Crippen LogP contribution in [0.1, 0.15) is 10.4 Å². The maximum absolute atomic E-state index is 13.2. The van der Waals surface area contributed by atoms with E-state index in [1.165, 1.54) is 10.4 Å². The number of sulfonamides is 1. The monoisotopic (exact) mass is 357 g/mol. The lowest BCUT2D eigenvalue weighted by Gasteiger charge is -2.19. The van der Waals surface area contributed by atoms with Crippen LogP contribution in [0.15, 0.2) is 35.2 Å². The molecule has 8 heteroatoms. The number of rotatable bonds is 2. The molecule has 0 radical (unpaired) electrons. The summed E-state index contributed by atoms with van der Waals surface area (Å²) in [5, 5.41) is 6.72. The number of nitrogens with zero attached hydrogens (tertiary/aromatic N) is 1. The normalized spacial score (nSPS) is 25.3. The molecule has 0 aliphatic carbocycles. The Morgan fingerprint density at radius 3 is 2.72 bits per heavy atom. The number of nitrogens with one attached hydrogen (secondary N) is 2. The summed E-state index contributed by atoms with van der Waals surface area (Å²) in [6.07, 6.45) is 0. The van der Waals surface area contributed by atoms with Gasteiger partial charge in [0.15, 0.2) is 0 Å². The third-order valence-corrected chi connectivity index (χ3v) is 7.28. The fourth-order valence-corrected chi connectivity index (χ4v) is 5.83. The summed E-state index contributed by atoms with van der Waals surface area (Å²) in [6, 6.07) is 8.27. The maximum atomic E-state index is 13.2. The Kier molecular flexibility index (Phi) is 2.85. The van der Waals surface area contributed by atoms with Gasteiger partial charge in [0, 0.05) is 47.6 Å². The maximum Gasteiger partial charge on any atom is 0.256 e. The summed E-state index contributed by atoms with van der Waals surface area (Å²) in [6.45, 7) is 1.07. The highest BCUT2D eigenvalue weighted by Gasteiger charge is 2.46. The summed E-state index contributed by atoms with van der Waals surface area (Å²) in [5.41, 5.74) is 1.12. The van der Waals surface area contributed by atoms with Gasteiger partial charge < -0.3 is 10.6 Å². The second-order valence-electron chi connectivity index (χ2n) is 6.73. The predicted molar refractivity (Wildman–Crippen MR) is 90.6 cm³/mol. The van der Waals surface area contributed by atoms with E-state index in [1.807, 2.05) is 0 Å². The second-order valence-corrected chi connectivity index (χ2v) is 8.63. The Morgan fingerprint density at radius 2 is 1.92 bits per heavy atom. The molecule has 2 aromatic carbocycles. The molecular weight excluding hydrogens is 342 g/mol. The van der Waals surface area contributed by atoms with Crippen molar-refractivity contribution in [1.29, 1.82) is 0 Å². The summed E-state index contributed by atoms with van der Waals surface area (Å²) < 4.78 is 27.8. The van der Waals surface area contributed by atoms with Gasteiger partial charge in [0.1, 0.15) is 0 Å². The highest BCUT2D eigenvalue weighted by atomic mass is 32.2. The topological polar surface area (TPSA) is 95.6 Å². The van der Waals surface area contributed by atoms with Gasteiger partial charge in [-0.1, -0.05) is 12.1 Å². The number of carbonyl (C=O) groups is 2. The van der Waals surface area contributed by atoms with Gasteiger partial charge in [-0.15, -0.1) is 0 Å². The Bertz CT molecular complexity index is 1060. The zero-order valence-corrected chi connectivity index (χ0v) is 14.0.